The summed E-state index contributed by atoms with van der Waals surface area (Å²) in [7, 11) is 0. The second-order valence-electron chi connectivity index (χ2n) is 10.2. The van der Waals surface area contributed by atoms with Gasteiger partial charge in [0.05, 0.1) is 12.8 Å². The molecule has 37 heavy (non-hydrogen) atoms. The van der Waals surface area contributed by atoms with Crippen LogP contribution in [0.4, 0.5) is 0 Å². The first-order chi connectivity index (χ1) is 17.8. The molecule has 0 aliphatic heterocycles. The van der Waals surface area contributed by atoms with E-state index in [0.717, 1.165) is 44.9 Å². The molecule has 0 spiro atoms. The van der Waals surface area contributed by atoms with Crippen molar-refractivity contribution < 1.29 is 34.1 Å². The minimum Gasteiger partial charge on any atom is -0.500 e. The number of carbonyl (C=O) groups is 4. The van der Waals surface area contributed by atoms with Gasteiger partial charge in [0, 0.05) is 25.2 Å². The average Bonchev–Trinajstić information content (AvgIpc) is 3.54. The fourth-order valence-corrected chi connectivity index (χ4v) is 4.67. The molecular weight excluding hydrogens is 476 g/mol. The van der Waals surface area contributed by atoms with Crippen molar-refractivity contribution in [3.8, 4) is 0 Å². The predicted octanol–water partition coefficient (Wildman–Crippen LogP) is 4.94. The number of hydrogen-bond donors (Lipinski definition) is 4. The smallest absolute Gasteiger partial charge is 0.329 e. The minimum absolute atomic E-state index is 0.0647. The Kier molecular flexibility index (Phi) is 17.1. The van der Waals surface area contributed by atoms with Gasteiger partial charge in [-0.2, -0.15) is 0 Å². The maximum absolute atomic E-state index is 12.3. The van der Waals surface area contributed by atoms with Crippen LogP contribution in [0.3, 0.4) is 0 Å². The van der Waals surface area contributed by atoms with Crippen LogP contribution in [0, 0.1) is 5.92 Å². The molecule has 9 nitrogen and oxygen atoms in total. The van der Waals surface area contributed by atoms with E-state index in [2.05, 4.69) is 17.2 Å². The largest absolute Gasteiger partial charge is 0.500 e. The SMILES string of the molecule is C=COCCNC(=O)C[C@@H]1CC1(NC(=O)CCCCCCCCCCCCCCCCC(=O)O)C(=O)O. The van der Waals surface area contributed by atoms with Crippen molar-refractivity contribution in [3.05, 3.63) is 12.8 Å². The van der Waals surface area contributed by atoms with Gasteiger partial charge < -0.3 is 25.6 Å². The summed E-state index contributed by atoms with van der Waals surface area (Å²) >= 11 is 0. The van der Waals surface area contributed by atoms with Crippen LogP contribution in [0.1, 0.15) is 116 Å². The van der Waals surface area contributed by atoms with Gasteiger partial charge in [-0.25, -0.2) is 4.79 Å². The maximum Gasteiger partial charge on any atom is 0.329 e. The molecule has 1 fully saturated rings. The van der Waals surface area contributed by atoms with Crippen molar-refractivity contribution in [2.45, 2.75) is 121 Å². The molecule has 1 aliphatic rings. The highest BCUT2D eigenvalue weighted by molar-refractivity contribution is 5.91. The first-order valence-electron chi connectivity index (χ1n) is 14.1. The molecule has 1 rings (SSSR count). The molecule has 1 unspecified atom stereocenters. The third-order valence-corrected chi connectivity index (χ3v) is 6.99. The Morgan fingerprint density at radius 2 is 1.27 bits per heavy atom. The topological polar surface area (TPSA) is 142 Å². The molecule has 2 amide bonds. The van der Waals surface area contributed by atoms with E-state index in [-0.39, 0.29) is 31.1 Å². The fraction of sp³-hybridized carbons (Fsp3) is 0.786. The Hall–Kier alpha value is -2.58. The Morgan fingerprint density at radius 3 is 1.73 bits per heavy atom. The van der Waals surface area contributed by atoms with Crippen LogP contribution in [0.15, 0.2) is 12.8 Å². The van der Waals surface area contributed by atoms with E-state index in [0.29, 0.717) is 19.6 Å². The van der Waals surface area contributed by atoms with Gasteiger partial charge in [0.1, 0.15) is 12.1 Å². The quantitative estimate of drug-likeness (QED) is 0.0979. The van der Waals surface area contributed by atoms with Crippen molar-refractivity contribution in [1.29, 1.82) is 0 Å². The van der Waals surface area contributed by atoms with Gasteiger partial charge in [0.2, 0.25) is 11.8 Å². The van der Waals surface area contributed by atoms with Crippen LogP contribution in [0.25, 0.3) is 0 Å². The second-order valence-corrected chi connectivity index (χ2v) is 10.2. The molecule has 4 N–H and O–H groups in total. The van der Waals surface area contributed by atoms with E-state index < -0.39 is 23.4 Å². The number of nitrogens with one attached hydrogen (secondary N) is 2. The molecule has 0 aromatic carbocycles. The standard InChI is InChI=1S/C28H48N2O7/c1-2-37-20-19-29-25(32)21-23-22-28(23,27(35)36)30-24(31)17-15-13-11-9-7-5-3-4-6-8-10-12-14-16-18-26(33)34/h2,23H,1,3-22H2,(H,29,32)(H,30,31)(H,33,34)(H,35,36)/t23-,28?/m1/s1. The molecule has 0 bridgehead atoms. The van der Waals surface area contributed by atoms with Crippen LogP contribution in [-0.4, -0.2) is 52.7 Å². The van der Waals surface area contributed by atoms with Crippen LogP contribution < -0.4 is 10.6 Å². The highest BCUT2D eigenvalue weighted by Crippen LogP contribution is 2.46. The molecule has 1 saturated carbocycles. The monoisotopic (exact) mass is 524 g/mol. The molecule has 9 heteroatoms. The number of rotatable bonds is 25. The van der Waals surface area contributed by atoms with Crippen LogP contribution in [-0.2, 0) is 23.9 Å². The molecule has 0 radical (unpaired) electrons. The maximum atomic E-state index is 12.3. The molecule has 0 aromatic heterocycles. The summed E-state index contributed by atoms with van der Waals surface area (Å²) in [4.78, 5) is 46.5. The summed E-state index contributed by atoms with van der Waals surface area (Å²) < 4.78 is 4.93. The Morgan fingerprint density at radius 1 is 0.784 bits per heavy atom. The van der Waals surface area contributed by atoms with Crippen molar-refractivity contribution in [1.82, 2.24) is 10.6 Å². The summed E-state index contributed by atoms with van der Waals surface area (Å²) in [5.74, 6) is -2.68. The number of aliphatic carboxylic acids is 2. The van der Waals surface area contributed by atoms with Gasteiger partial charge >= 0.3 is 11.9 Å². The number of carboxylic acids is 2. The molecule has 0 aromatic rings. The third kappa shape index (κ3) is 15.3. The highest BCUT2D eigenvalue weighted by Gasteiger charge is 2.61. The molecule has 212 valence electrons. The van der Waals surface area contributed by atoms with Gasteiger partial charge in [0.25, 0.3) is 0 Å². The zero-order valence-corrected chi connectivity index (χ0v) is 22.4. The first-order valence-corrected chi connectivity index (χ1v) is 14.1. The van der Waals surface area contributed by atoms with E-state index >= 15 is 0 Å². The summed E-state index contributed by atoms with van der Waals surface area (Å²) in [6.45, 7) is 4.04. The zero-order chi connectivity index (χ0) is 27.4. The normalized spacial score (nSPS) is 18.1. The molecule has 0 heterocycles. The number of carbonyl (C=O) groups excluding carboxylic acids is 2. The lowest BCUT2D eigenvalue weighted by Gasteiger charge is -2.15. The van der Waals surface area contributed by atoms with Crippen molar-refractivity contribution in [2.24, 2.45) is 5.92 Å². The van der Waals surface area contributed by atoms with Gasteiger partial charge in [0.15, 0.2) is 0 Å². The number of unbranched alkanes of at least 4 members (excludes halogenated alkanes) is 13. The van der Waals surface area contributed by atoms with Gasteiger partial charge in [-0.05, 0) is 19.3 Å². The predicted molar refractivity (Wildman–Crippen MR) is 142 cm³/mol. The minimum atomic E-state index is -1.31. The second kappa shape index (κ2) is 19.5. The van der Waals surface area contributed by atoms with E-state index in [1.54, 1.807) is 0 Å². The van der Waals surface area contributed by atoms with Gasteiger partial charge in [-0.15, -0.1) is 0 Å². The molecular formula is C28H48N2O7. The molecule has 2 atom stereocenters. The molecule has 0 saturated heterocycles. The van der Waals surface area contributed by atoms with Crippen LogP contribution in [0.5, 0.6) is 0 Å². The van der Waals surface area contributed by atoms with Crippen LogP contribution in [0.2, 0.25) is 0 Å². The fourth-order valence-electron chi connectivity index (χ4n) is 4.67. The molecule has 1 aliphatic carbocycles. The Balaban J connectivity index is 1.99. The highest BCUT2D eigenvalue weighted by atomic mass is 16.5. The number of ether oxygens (including phenoxy) is 1. The first kappa shape index (κ1) is 32.4. The van der Waals surface area contributed by atoms with E-state index in [1.807, 2.05) is 0 Å². The third-order valence-electron chi connectivity index (χ3n) is 6.99. The van der Waals surface area contributed by atoms with Gasteiger partial charge in [-0.1, -0.05) is 83.6 Å². The lowest BCUT2D eigenvalue weighted by atomic mass is 10.0. The summed E-state index contributed by atoms with van der Waals surface area (Å²) in [6.07, 6.45) is 17.7. The van der Waals surface area contributed by atoms with Crippen LogP contribution >= 0.6 is 0 Å². The lowest BCUT2D eigenvalue weighted by Crippen LogP contribution is -2.45. The zero-order valence-electron chi connectivity index (χ0n) is 22.4. The number of hydrogen-bond acceptors (Lipinski definition) is 5. The van der Waals surface area contributed by atoms with Gasteiger partial charge in [-0.3, -0.25) is 14.4 Å². The summed E-state index contributed by atoms with van der Waals surface area (Å²) in [5, 5.41) is 23.6. The van der Waals surface area contributed by atoms with E-state index in [9.17, 15) is 24.3 Å². The summed E-state index contributed by atoms with van der Waals surface area (Å²) in [6, 6.07) is 0. The van der Waals surface area contributed by atoms with Crippen molar-refractivity contribution in [3.63, 3.8) is 0 Å². The van der Waals surface area contributed by atoms with E-state index in [1.165, 1.54) is 51.2 Å². The van der Waals surface area contributed by atoms with Crippen molar-refractivity contribution in [2.75, 3.05) is 13.2 Å². The van der Waals surface area contributed by atoms with E-state index in [4.69, 9.17) is 9.84 Å². The Bertz CT molecular complexity index is 713. The lowest BCUT2D eigenvalue weighted by molar-refractivity contribution is -0.143. The number of carboxylic acid groups (broad SMARTS) is 2. The average molecular weight is 525 g/mol. The number of amides is 2. The Labute approximate surface area is 221 Å². The summed E-state index contributed by atoms with van der Waals surface area (Å²) in [5.41, 5.74) is -1.31. The van der Waals surface area contributed by atoms with Crippen molar-refractivity contribution >= 4 is 23.8 Å².